The van der Waals surface area contributed by atoms with Crippen LogP contribution < -0.4 is 14.4 Å². The normalized spacial score (nSPS) is 11.8. The van der Waals surface area contributed by atoms with Gasteiger partial charge in [-0.1, -0.05) is 36.7 Å². The summed E-state index contributed by atoms with van der Waals surface area (Å²) in [7, 11) is -3.04. The molecular weight excluding hydrogens is 584 g/mol. The molecule has 0 spiro atoms. The van der Waals surface area contributed by atoms with E-state index in [-0.39, 0.29) is 40.7 Å². The van der Waals surface area contributed by atoms with Crippen molar-refractivity contribution in [3.8, 4) is 5.75 Å². The minimum Gasteiger partial charge on any atom is -0.497 e. The van der Waals surface area contributed by atoms with Crippen LogP contribution >= 0.6 is 11.6 Å². The van der Waals surface area contributed by atoms with Gasteiger partial charge in [0.1, 0.15) is 18.3 Å². The van der Waals surface area contributed by atoms with Crippen molar-refractivity contribution >= 4 is 44.8 Å². The van der Waals surface area contributed by atoms with E-state index in [2.05, 4.69) is 5.32 Å². The number of carbonyl (C=O) groups excluding carboxylic acids is 2. The molecule has 0 heterocycles. The Balaban J connectivity index is 2.11. The number of methoxy groups -OCH3 is 1. The summed E-state index contributed by atoms with van der Waals surface area (Å²) in [6.07, 6.45) is 0.268. The highest BCUT2D eigenvalue weighted by molar-refractivity contribution is 7.92. The SMILES string of the molecule is CCNC(=O)[C@@H](CC)N(Cc1ccc(Cl)cc1)C(=O)CN(c1ccc(OC)cc1)S(=O)(=O)c1ccc(C)c([N+](=O)[O-])c1. The Hall–Kier alpha value is -4.16. The van der Waals surface area contributed by atoms with Crippen LogP contribution in [0.25, 0.3) is 0 Å². The van der Waals surface area contributed by atoms with Crippen molar-refractivity contribution in [3.63, 3.8) is 0 Å². The molecule has 224 valence electrons. The molecule has 0 fully saturated rings. The highest BCUT2D eigenvalue weighted by atomic mass is 35.5. The molecular formula is C29H33ClN4O7S. The molecule has 1 atom stereocenters. The summed E-state index contributed by atoms with van der Waals surface area (Å²) in [6, 6.07) is 15.4. The topological polar surface area (TPSA) is 139 Å². The Morgan fingerprint density at radius 3 is 2.24 bits per heavy atom. The molecule has 0 saturated heterocycles. The number of sulfonamides is 1. The molecule has 3 aromatic carbocycles. The van der Waals surface area contributed by atoms with E-state index < -0.39 is 33.4 Å². The summed E-state index contributed by atoms with van der Waals surface area (Å²) >= 11 is 6.03. The fraction of sp³-hybridized carbons (Fsp3) is 0.310. The fourth-order valence-electron chi connectivity index (χ4n) is 4.35. The lowest BCUT2D eigenvalue weighted by atomic mass is 10.1. The van der Waals surface area contributed by atoms with Gasteiger partial charge in [-0.05, 0) is 68.3 Å². The number of benzene rings is 3. The molecule has 0 aliphatic rings. The number of nitro groups is 1. The van der Waals surface area contributed by atoms with Crippen molar-refractivity contribution in [2.24, 2.45) is 0 Å². The number of amides is 2. The van der Waals surface area contributed by atoms with E-state index in [0.717, 1.165) is 10.4 Å². The van der Waals surface area contributed by atoms with Gasteiger partial charge in [0.2, 0.25) is 11.8 Å². The molecule has 3 rings (SSSR count). The van der Waals surface area contributed by atoms with Crippen LogP contribution in [-0.4, -0.2) is 56.3 Å². The maximum Gasteiger partial charge on any atom is 0.273 e. The number of hydrogen-bond donors (Lipinski definition) is 1. The molecule has 0 unspecified atom stereocenters. The van der Waals surface area contributed by atoms with Gasteiger partial charge in [0.15, 0.2) is 0 Å². The van der Waals surface area contributed by atoms with E-state index in [1.807, 2.05) is 0 Å². The number of ether oxygens (including phenoxy) is 1. The van der Waals surface area contributed by atoms with Gasteiger partial charge in [-0.2, -0.15) is 0 Å². The third-order valence-corrected chi connectivity index (χ3v) is 8.63. The highest BCUT2D eigenvalue weighted by Crippen LogP contribution is 2.29. The lowest BCUT2D eigenvalue weighted by Crippen LogP contribution is -2.52. The third-order valence-electron chi connectivity index (χ3n) is 6.61. The summed E-state index contributed by atoms with van der Waals surface area (Å²) in [4.78, 5) is 38.9. The summed E-state index contributed by atoms with van der Waals surface area (Å²) in [5.41, 5.74) is 0.727. The first-order valence-electron chi connectivity index (χ1n) is 13.2. The molecule has 0 aromatic heterocycles. The minimum atomic E-state index is -4.49. The first-order chi connectivity index (χ1) is 19.9. The van der Waals surface area contributed by atoms with Gasteiger partial charge in [0.25, 0.3) is 15.7 Å². The first kappa shape index (κ1) is 32.4. The van der Waals surface area contributed by atoms with Crippen molar-refractivity contribution in [2.75, 3.05) is 24.5 Å². The molecule has 0 bridgehead atoms. The van der Waals surface area contributed by atoms with Gasteiger partial charge in [-0.25, -0.2) is 8.42 Å². The van der Waals surface area contributed by atoms with Crippen LogP contribution in [0.4, 0.5) is 11.4 Å². The molecule has 0 aliphatic heterocycles. The number of nitro benzene ring substituents is 1. The lowest BCUT2D eigenvalue weighted by molar-refractivity contribution is -0.385. The van der Waals surface area contributed by atoms with Crippen molar-refractivity contribution in [1.82, 2.24) is 10.2 Å². The maximum atomic E-state index is 14.0. The second-order valence-corrected chi connectivity index (χ2v) is 11.7. The molecule has 0 saturated carbocycles. The predicted molar refractivity (Wildman–Crippen MR) is 160 cm³/mol. The molecule has 42 heavy (non-hydrogen) atoms. The van der Waals surface area contributed by atoms with E-state index in [1.54, 1.807) is 38.1 Å². The Kier molecular flexibility index (Phi) is 10.9. The average Bonchev–Trinajstić information content (AvgIpc) is 2.96. The number of hydrogen-bond acceptors (Lipinski definition) is 7. The van der Waals surface area contributed by atoms with Gasteiger partial charge in [0, 0.05) is 29.7 Å². The smallest absolute Gasteiger partial charge is 0.273 e. The van der Waals surface area contributed by atoms with Gasteiger partial charge < -0.3 is 15.0 Å². The monoisotopic (exact) mass is 616 g/mol. The Morgan fingerprint density at radius 2 is 1.69 bits per heavy atom. The lowest BCUT2D eigenvalue weighted by Gasteiger charge is -2.33. The van der Waals surface area contributed by atoms with Gasteiger partial charge in [0.05, 0.1) is 22.6 Å². The van der Waals surface area contributed by atoms with Crippen molar-refractivity contribution in [3.05, 3.63) is 93.0 Å². The maximum absolute atomic E-state index is 14.0. The first-order valence-corrected chi connectivity index (χ1v) is 15.0. The van der Waals surface area contributed by atoms with Crippen molar-refractivity contribution in [1.29, 1.82) is 0 Å². The molecule has 0 radical (unpaired) electrons. The van der Waals surface area contributed by atoms with E-state index in [0.29, 0.717) is 22.9 Å². The van der Waals surface area contributed by atoms with Crippen LogP contribution in [-0.2, 0) is 26.2 Å². The largest absolute Gasteiger partial charge is 0.497 e. The Morgan fingerprint density at radius 1 is 1.05 bits per heavy atom. The summed E-state index contributed by atoms with van der Waals surface area (Å²) in [5, 5.41) is 14.8. The number of nitrogens with one attached hydrogen (secondary N) is 1. The average molecular weight is 617 g/mol. The van der Waals surface area contributed by atoms with Gasteiger partial charge in [-0.3, -0.25) is 24.0 Å². The van der Waals surface area contributed by atoms with Gasteiger partial charge in [-0.15, -0.1) is 0 Å². The van der Waals surface area contributed by atoms with Crippen LogP contribution in [0.2, 0.25) is 5.02 Å². The zero-order chi connectivity index (χ0) is 31.0. The van der Waals surface area contributed by atoms with Crippen LogP contribution in [0.3, 0.4) is 0 Å². The summed E-state index contributed by atoms with van der Waals surface area (Å²) in [5.74, 6) is -0.570. The van der Waals surface area contributed by atoms with Crippen LogP contribution in [0.15, 0.2) is 71.6 Å². The van der Waals surface area contributed by atoms with E-state index in [9.17, 15) is 28.1 Å². The zero-order valence-corrected chi connectivity index (χ0v) is 25.3. The van der Waals surface area contributed by atoms with E-state index in [4.69, 9.17) is 16.3 Å². The van der Waals surface area contributed by atoms with Crippen LogP contribution in [0.1, 0.15) is 31.4 Å². The van der Waals surface area contributed by atoms with Crippen LogP contribution in [0.5, 0.6) is 5.75 Å². The number of nitrogens with zero attached hydrogens (tertiary/aromatic N) is 3. The number of likely N-dealkylation sites (N-methyl/N-ethyl adjacent to an activating group) is 1. The zero-order valence-electron chi connectivity index (χ0n) is 23.7. The second-order valence-electron chi connectivity index (χ2n) is 9.38. The molecule has 1 N–H and O–H groups in total. The summed E-state index contributed by atoms with van der Waals surface area (Å²) < 4.78 is 34.1. The number of anilines is 1. The van der Waals surface area contributed by atoms with Crippen molar-refractivity contribution in [2.45, 2.75) is 44.7 Å². The van der Waals surface area contributed by atoms with Gasteiger partial charge >= 0.3 is 0 Å². The number of aryl methyl sites for hydroxylation is 1. The Bertz CT molecular complexity index is 1530. The quantitative estimate of drug-likeness (QED) is 0.217. The number of rotatable bonds is 13. The minimum absolute atomic E-state index is 0.0121. The van der Waals surface area contributed by atoms with E-state index >= 15 is 0 Å². The molecule has 13 heteroatoms. The second kappa shape index (κ2) is 14.1. The molecule has 2 amide bonds. The standard InChI is InChI=1S/C29H33ClN4O7S/c1-5-26(29(36)31-6-2)32(18-21-8-10-22(30)11-9-21)28(35)19-33(23-12-14-24(41-4)15-13-23)42(39,40)25-16-7-20(3)27(17-25)34(37)38/h7-17,26H,5-6,18-19H2,1-4H3,(H,31,36)/t26-/m1/s1. The number of carbonyl (C=O) groups is 2. The van der Waals surface area contributed by atoms with E-state index in [1.165, 1.54) is 55.3 Å². The third kappa shape index (κ3) is 7.56. The number of halogens is 1. The summed E-state index contributed by atoms with van der Waals surface area (Å²) in [6.45, 7) is 4.69. The van der Waals surface area contributed by atoms with Crippen LogP contribution in [0, 0.1) is 17.0 Å². The highest BCUT2D eigenvalue weighted by Gasteiger charge is 2.34. The predicted octanol–water partition coefficient (Wildman–Crippen LogP) is 4.70. The fourth-order valence-corrected chi connectivity index (χ4v) is 5.91. The molecule has 3 aromatic rings. The van der Waals surface area contributed by atoms with Crippen molar-refractivity contribution < 1.29 is 27.7 Å². The Labute approximate surface area is 250 Å². The molecule has 11 nitrogen and oxygen atoms in total. The molecule has 0 aliphatic carbocycles.